The molecule has 0 atom stereocenters. The molecule has 0 fully saturated rings. The van der Waals surface area contributed by atoms with Crippen molar-refractivity contribution in [1.29, 1.82) is 0 Å². The molecule has 0 bridgehead atoms. The van der Waals surface area contributed by atoms with Crippen molar-refractivity contribution in [3.63, 3.8) is 0 Å². The average molecular weight is 372 g/mol. The fraction of sp³-hybridized carbons (Fsp3) is 0.105. The van der Waals surface area contributed by atoms with Crippen LogP contribution in [0.15, 0.2) is 59.4 Å². The van der Waals surface area contributed by atoms with Crippen molar-refractivity contribution in [2.24, 2.45) is 0 Å². The van der Waals surface area contributed by atoms with Gasteiger partial charge in [-0.15, -0.1) is 0 Å². The van der Waals surface area contributed by atoms with Crippen LogP contribution < -0.4 is 10.7 Å². The topological polar surface area (TPSA) is 64.0 Å². The Morgan fingerprint density at radius 1 is 1.19 bits per heavy atom. The predicted octanol–water partition coefficient (Wildman–Crippen LogP) is 3.26. The molecule has 0 spiro atoms. The molecule has 3 rings (SSSR count). The summed E-state index contributed by atoms with van der Waals surface area (Å²) in [6, 6.07) is 14.4. The molecule has 1 amide bonds. The van der Waals surface area contributed by atoms with Gasteiger partial charge in [-0.2, -0.15) is 5.10 Å². The third-order valence-corrected chi connectivity index (χ3v) is 4.12. The number of aryl methyl sites for hydroxylation is 1. The molecule has 0 radical (unpaired) electrons. The van der Waals surface area contributed by atoms with Crippen LogP contribution in [-0.4, -0.2) is 15.7 Å². The van der Waals surface area contributed by atoms with Gasteiger partial charge in [0.1, 0.15) is 5.82 Å². The minimum absolute atomic E-state index is 0.0490. The van der Waals surface area contributed by atoms with Crippen LogP contribution in [0.2, 0.25) is 5.02 Å². The number of nitrogens with one attached hydrogen (secondary N) is 1. The summed E-state index contributed by atoms with van der Waals surface area (Å²) in [5.41, 5.74) is 0.603. The van der Waals surface area contributed by atoms with Gasteiger partial charge >= 0.3 is 0 Å². The first-order valence-corrected chi connectivity index (χ1v) is 8.22. The highest BCUT2D eigenvalue weighted by Crippen LogP contribution is 2.19. The maximum atomic E-state index is 13.7. The molecule has 0 aliphatic carbocycles. The normalized spacial score (nSPS) is 10.6. The molecule has 0 saturated heterocycles. The Labute approximate surface area is 154 Å². The van der Waals surface area contributed by atoms with Gasteiger partial charge in [0.25, 0.3) is 5.91 Å². The summed E-state index contributed by atoms with van der Waals surface area (Å²) in [4.78, 5) is 24.6. The van der Waals surface area contributed by atoms with Gasteiger partial charge in [-0.05, 0) is 25.1 Å². The van der Waals surface area contributed by atoms with Crippen molar-refractivity contribution < 1.29 is 9.18 Å². The lowest BCUT2D eigenvalue weighted by Crippen LogP contribution is -2.31. The van der Waals surface area contributed by atoms with Gasteiger partial charge < -0.3 is 5.32 Å². The Bertz CT molecular complexity index is 1030. The molecule has 7 heteroatoms. The number of para-hydroxylation sites is 1. The Kier molecular flexibility index (Phi) is 5.14. The molecule has 1 heterocycles. The monoisotopic (exact) mass is 371 g/mol. The number of nitrogens with zero attached hydrogens (tertiary/aromatic N) is 2. The number of amides is 1. The summed E-state index contributed by atoms with van der Waals surface area (Å²) in [7, 11) is 0. The average Bonchev–Trinajstić information content (AvgIpc) is 2.62. The zero-order chi connectivity index (χ0) is 18.7. The van der Waals surface area contributed by atoms with Crippen LogP contribution in [0, 0.1) is 12.7 Å². The second kappa shape index (κ2) is 7.49. The standard InChI is InChI=1S/C19H15ClFN3O2/c1-12-10-17(25)18(23-24(12)16-9-5-3-7-14(16)20)19(26)22-11-13-6-2-4-8-15(13)21/h2-10H,11H2,1H3,(H,22,26). The Hall–Kier alpha value is -2.99. The van der Waals surface area contributed by atoms with Crippen LogP contribution in [0.3, 0.4) is 0 Å². The highest BCUT2D eigenvalue weighted by molar-refractivity contribution is 6.32. The second-order valence-corrected chi connectivity index (χ2v) is 6.04. The quantitative estimate of drug-likeness (QED) is 0.765. The molecular weight excluding hydrogens is 357 g/mol. The number of carbonyl (C=O) groups is 1. The first kappa shape index (κ1) is 17.8. The van der Waals surface area contributed by atoms with Crippen molar-refractivity contribution in [1.82, 2.24) is 15.1 Å². The largest absolute Gasteiger partial charge is 0.346 e. The van der Waals surface area contributed by atoms with E-state index in [0.717, 1.165) is 0 Å². The highest BCUT2D eigenvalue weighted by Gasteiger charge is 2.16. The van der Waals surface area contributed by atoms with Crippen LogP contribution in [0.1, 0.15) is 21.7 Å². The minimum Gasteiger partial charge on any atom is -0.346 e. The number of aromatic nitrogens is 2. The van der Waals surface area contributed by atoms with Crippen molar-refractivity contribution in [3.8, 4) is 5.69 Å². The summed E-state index contributed by atoms with van der Waals surface area (Å²) < 4.78 is 15.1. The van der Waals surface area contributed by atoms with E-state index in [9.17, 15) is 14.0 Å². The molecular formula is C19H15ClFN3O2. The lowest BCUT2D eigenvalue weighted by atomic mass is 10.2. The molecule has 2 aromatic carbocycles. The molecule has 3 aromatic rings. The molecule has 0 aliphatic rings. The summed E-state index contributed by atoms with van der Waals surface area (Å²) in [6.07, 6.45) is 0. The zero-order valence-electron chi connectivity index (χ0n) is 13.9. The fourth-order valence-corrected chi connectivity index (χ4v) is 2.69. The summed E-state index contributed by atoms with van der Waals surface area (Å²) in [5.74, 6) is -1.11. The SMILES string of the molecule is Cc1cc(=O)c(C(=O)NCc2ccccc2F)nn1-c1ccccc1Cl. The fourth-order valence-electron chi connectivity index (χ4n) is 2.47. The van der Waals surface area contributed by atoms with Crippen LogP contribution in [0.5, 0.6) is 0 Å². The van der Waals surface area contributed by atoms with Gasteiger partial charge in [-0.25, -0.2) is 9.07 Å². The number of hydrogen-bond acceptors (Lipinski definition) is 3. The summed E-state index contributed by atoms with van der Waals surface area (Å²) >= 11 is 6.18. The third-order valence-electron chi connectivity index (χ3n) is 3.80. The number of benzene rings is 2. The molecule has 0 unspecified atom stereocenters. The molecule has 0 aliphatic heterocycles. The molecule has 5 nitrogen and oxygen atoms in total. The van der Waals surface area contributed by atoms with E-state index in [2.05, 4.69) is 10.4 Å². The van der Waals surface area contributed by atoms with E-state index in [0.29, 0.717) is 22.0 Å². The minimum atomic E-state index is -0.681. The summed E-state index contributed by atoms with van der Waals surface area (Å²) in [6.45, 7) is 1.64. The lowest BCUT2D eigenvalue weighted by molar-refractivity contribution is 0.0942. The van der Waals surface area contributed by atoms with E-state index >= 15 is 0 Å². The molecule has 26 heavy (non-hydrogen) atoms. The van der Waals surface area contributed by atoms with Crippen LogP contribution in [0.4, 0.5) is 4.39 Å². The first-order valence-electron chi connectivity index (χ1n) is 7.85. The van der Waals surface area contributed by atoms with E-state index in [1.165, 1.54) is 16.8 Å². The maximum absolute atomic E-state index is 13.7. The summed E-state index contributed by atoms with van der Waals surface area (Å²) in [5, 5.41) is 7.11. The number of halogens is 2. The lowest BCUT2D eigenvalue weighted by Gasteiger charge is -2.12. The third kappa shape index (κ3) is 3.65. The van der Waals surface area contributed by atoms with Crippen LogP contribution >= 0.6 is 11.6 Å². The second-order valence-electron chi connectivity index (χ2n) is 5.64. The Balaban J connectivity index is 1.91. The van der Waals surface area contributed by atoms with E-state index < -0.39 is 17.2 Å². The predicted molar refractivity (Wildman–Crippen MR) is 97.2 cm³/mol. The van der Waals surface area contributed by atoms with Crippen molar-refractivity contribution in [2.75, 3.05) is 0 Å². The van der Waals surface area contributed by atoms with Gasteiger partial charge in [0.2, 0.25) is 5.43 Å². The van der Waals surface area contributed by atoms with Gasteiger partial charge in [0.15, 0.2) is 5.69 Å². The van der Waals surface area contributed by atoms with Crippen molar-refractivity contribution in [3.05, 3.63) is 92.6 Å². The van der Waals surface area contributed by atoms with Gasteiger partial charge in [0.05, 0.1) is 10.7 Å². The molecule has 132 valence electrons. The van der Waals surface area contributed by atoms with Gasteiger partial charge in [0, 0.05) is 23.9 Å². The Morgan fingerprint density at radius 2 is 1.88 bits per heavy atom. The van der Waals surface area contributed by atoms with E-state index in [4.69, 9.17) is 11.6 Å². The zero-order valence-corrected chi connectivity index (χ0v) is 14.6. The van der Waals surface area contributed by atoms with Crippen LogP contribution in [0.25, 0.3) is 5.69 Å². The first-order chi connectivity index (χ1) is 12.5. The number of carbonyl (C=O) groups excluding carboxylic acids is 1. The van der Waals surface area contributed by atoms with E-state index in [-0.39, 0.29) is 12.2 Å². The number of hydrogen-bond donors (Lipinski definition) is 1. The number of rotatable bonds is 4. The molecule has 1 N–H and O–H groups in total. The highest BCUT2D eigenvalue weighted by atomic mass is 35.5. The van der Waals surface area contributed by atoms with Crippen LogP contribution in [-0.2, 0) is 6.54 Å². The Morgan fingerprint density at radius 3 is 2.62 bits per heavy atom. The molecule has 1 aromatic heterocycles. The van der Waals surface area contributed by atoms with E-state index in [1.807, 2.05) is 0 Å². The molecule has 0 saturated carbocycles. The van der Waals surface area contributed by atoms with Crippen molar-refractivity contribution >= 4 is 17.5 Å². The van der Waals surface area contributed by atoms with Crippen molar-refractivity contribution in [2.45, 2.75) is 13.5 Å². The smallest absolute Gasteiger partial charge is 0.276 e. The maximum Gasteiger partial charge on any atom is 0.276 e. The van der Waals surface area contributed by atoms with E-state index in [1.54, 1.807) is 49.4 Å². The van der Waals surface area contributed by atoms with Gasteiger partial charge in [-0.1, -0.05) is 41.9 Å². The van der Waals surface area contributed by atoms with Gasteiger partial charge in [-0.3, -0.25) is 9.59 Å².